The number of nitrogens with zero attached hydrogens (tertiary/aromatic N) is 1. The van der Waals surface area contributed by atoms with E-state index in [4.69, 9.17) is 0 Å². The van der Waals surface area contributed by atoms with Gasteiger partial charge in [-0.25, -0.2) is 13.4 Å². The third kappa shape index (κ3) is 3.28. The molecule has 2 aromatic rings. The van der Waals surface area contributed by atoms with Gasteiger partial charge in [0, 0.05) is 5.33 Å². The fourth-order valence-corrected chi connectivity index (χ4v) is 4.93. The highest BCUT2D eigenvalue weighted by atomic mass is 79.9. The maximum atomic E-state index is 12.4. The van der Waals surface area contributed by atoms with Crippen molar-refractivity contribution >= 4 is 37.3 Å². The summed E-state index contributed by atoms with van der Waals surface area (Å²) in [6.45, 7) is 3.63. The molecule has 1 N–H and O–H groups in total. The molecule has 1 heterocycles. The summed E-state index contributed by atoms with van der Waals surface area (Å²) >= 11 is 4.56. The predicted molar refractivity (Wildman–Crippen MR) is 84.8 cm³/mol. The Bertz CT molecular complexity index is 685. The van der Waals surface area contributed by atoms with Crippen LogP contribution in [0.15, 0.2) is 40.7 Å². The van der Waals surface area contributed by atoms with Gasteiger partial charge in [0.2, 0.25) is 0 Å². The Kier molecular flexibility index (Phi) is 4.63. The van der Waals surface area contributed by atoms with Crippen LogP contribution in [0.4, 0.5) is 0 Å². The van der Waals surface area contributed by atoms with Crippen molar-refractivity contribution in [1.29, 1.82) is 0 Å². The largest absolute Gasteiger partial charge is 0.252 e. The molecule has 2 rings (SSSR count). The van der Waals surface area contributed by atoms with E-state index in [1.807, 2.05) is 37.3 Å². The molecular weight excluding hydrogens is 360 g/mol. The van der Waals surface area contributed by atoms with E-state index in [9.17, 15) is 8.42 Å². The lowest BCUT2D eigenvalue weighted by Crippen LogP contribution is -2.44. The van der Waals surface area contributed by atoms with Crippen molar-refractivity contribution in [3.05, 3.63) is 47.1 Å². The minimum absolute atomic E-state index is 0.234. The van der Waals surface area contributed by atoms with Gasteiger partial charge in [0.1, 0.15) is 0 Å². The molecule has 1 aromatic carbocycles. The Morgan fingerprint density at radius 3 is 2.50 bits per heavy atom. The quantitative estimate of drug-likeness (QED) is 0.818. The monoisotopic (exact) mass is 374 g/mol. The van der Waals surface area contributed by atoms with Crippen LogP contribution in [0.25, 0.3) is 0 Å². The van der Waals surface area contributed by atoms with Crippen molar-refractivity contribution in [2.75, 3.05) is 5.33 Å². The molecule has 0 aliphatic heterocycles. The van der Waals surface area contributed by atoms with Gasteiger partial charge in [-0.2, -0.15) is 4.72 Å². The van der Waals surface area contributed by atoms with Crippen LogP contribution in [0, 0.1) is 6.92 Å². The first-order valence-electron chi connectivity index (χ1n) is 5.95. The maximum absolute atomic E-state index is 12.4. The fourth-order valence-electron chi connectivity index (χ4n) is 1.78. The van der Waals surface area contributed by atoms with E-state index in [0.29, 0.717) is 5.33 Å². The minimum Gasteiger partial charge on any atom is -0.249 e. The molecule has 0 spiro atoms. The number of thiazole rings is 1. The van der Waals surface area contributed by atoms with Crippen LogP contribution in [0.3, 0.4) is 0 Å². The molecular formula is C13H15BrN2O2S2. The first-order chi connectivity index (χ1) is 9.37. The van der Waals surface area contributed by atoms with Gasteiger partial charge in [-0.3, -0.25) is 0 Å². The number of alkyl halides is 1. The van der Waals surface area contributed by atoms with E-state index >= 15 is 0 Å². The summed E-state index contributed by atoms with van der Waals surface area (Å²) in [5.41, 5.74) is 0.194. The summed E-state index contributed by atoms with van der Waals surface area (Å²) in [5.74, 6) is 0. The van der Waals surface area contributed by atoms with Gasteiger partial charge in [-0.1, -0.05) is 46.3 Å². The fraction of sp³-hybridized carbons (Fsp3) is 0.308. The molecule has 1 aromatic heterocycles. The Morgan fingerprint density at radius 2 is 2.00 bits per heavy atom. The number of sulfonamides is 1. The molecule has 7 heteroatoms. The number of hydrogen-bond donors (Lipinski definition) is 1. The maximum Gasteiger partial charge on any atom is 0.252 e. The van der Waals surface area contributed by atoms with Crippen molar-refractivity contribution < 1.29 is 8.42 Å². The van der Waals surface area contributed by atoms with Gasteiger partial charge in [0.25, 0.3) is 10.0 Å². The van der Waals surface area contributed by atoms with Crippen molar-refractivity contribution in [3.63, 3.8) is 0 Å². The number of aromatic nitrogens is 1. The van der Waals surface area contributed by atoms with Crippen LogP contribution < -0.4 is 4.72 Å². The highest BCUT2D eigenvalue weighted by molar-refractivity contribution is 9.09. The zero-order valence-electron chi connectivity index (χ0n) is 11.1. The van der Waals surface area contributed by atoms with Crippen molar-refractivity contribution in [2.45, 2.75) is 23.6 Å². The van der Waals surface area contributed by atoms with Gasteiger partial charge in [-0.15, -0.1) is 11.3 Å². The number of benzene rings is 1. The van der Waals surface area contributed by atoms with Crippen LogP contribution >= 0.6 is 27.3 Å². The number of rotatable bonds is 5. The van der Waals surface area contributed by atoms with Gasteiger partial charge < -0.3 is 0 Å². The normalized spacial score (nSPS) is 14.9. The molecule has 0 saturated heterocycles. The highest BCUT2D eigenvalue weighted by Gasteiger charge is 2.32. The van der Waals surface area contributed by atoms with Gasteiger partial charge in [-0.05, 0) is 19.4 Å². The number of halogens is 1. The zero-order chi connectivity index (χ0) is 14.8. The molecule has 0 saturated carbocycles. The molecule has 0 aliphatic rings. The molecule has 0 amide bonds. The zero-order valence-corrected chi connectivity index (χ0v) is 14.3. The van der Waals surface area contributed by atoms with E-state index < -0.39 is 15.6 Å². The molecule has 0 fully saturated rings. The van der Waals surface area contributed by atoms with Crippen LogP contribution in [0.2, 0.25) is 0 Å². The second-order valence-corrected chi connectivity index (χ2v) is 8.34. The Balaban J connectivity index is 2.35. The summed E-state index contributed by atoms with van der Waals surface area (Å²) in [6.07, 6.45) is 1.39. The standard InChI is InChI=1S/C13H15BrN2O2S2/c1-10-15-8-12(19-10)20(17,18)16-13(2,9-14)11-6-4-3-5-7-11/h3-8,16H,9H2,1-2H3. The van der Waals surface area contributed by atoms with Crippen molar-refractivity contribution in [1.82, 2.24) is 9.71 Å². The van der Waals surface area contributed by atoms with Crippen molar-refractivity contribution in [3.8, 4) is 0 Å². The van der Waals surface area contributed by atoms with E-state index in [1.165, 1.54) is 6.20 Å². The van der Waals surface area contributed by atoms with Gasteiger partial charge >= 0.3 is 0 Å². The summed E-state index contributed by atoms with van der Waals surface area (Å²) < 4.78 is 27.9. The molecule has 1 unspecified atom stereocenters. The lowest BCUT2D eigenvalue weighted by atomic mass is 9.96. The summed E-state index contributed by atoms with van der Waals surface area (Å²) in [4.78, 5) is 4.00. The Morgan fingerprint density at radius 1 is 1.35 bits per heavy atom. The van der Waals surface area contributed by atoms with Gasteiger partial charge in [0.15, 0.2) is 4.21 Å². The second-order valence-electron chi connectivity index (χ2n) is 4.64. The topological polar surface area (TPSA) is 59.1 Å². The summed E-state index contributed by atoms with van der Waals surface area (Å²) in [6, 6.07) is 9.49. The molecule has 0 bridgehead atoms. The van der Waals surface area contributed by atoms with Crippen LogP contribution in [0.1, 0.15) is 17.5 Å². The molecule has 0 radical (unpaired) electrons. The molecule has 4 nitrogen and oxygen atoms in total. The average Bonchev–Trinajstić information content (AvgIpc) is 2.87. The minimum atomic E-state index is -3.58. The lowest BCUT2D eigenvalue weighted by Gasteiger charge is -2.28. The molecule has 108 valence electrons. The third-order valence-electron chi connectivity index (χ3n) is 2.90. The molecule has 0 aliphatic carbocycles. The van der Waals surface area contributed by atoms with E-state index in [2.05, 4.69) is 25.6 Å². The number of aryl methyl sites for hydroxylation is 1. The third-order valence-corrected chi connectivity index (χ3v) is 6.99. The highest BCUT2D eigenvalue weighted by Crippen LogP contribution is 2.27. The lowest BCUT2D eigenvalue weighted by molar-refractivity contribution is 0.483. The second kappa shape index (κ2) is 5.93. The average molecular weight is 375 g/mol. The Labute approximate surface area is 131 Å². The van der Waals surface area contributed by atoms with Gasteiger partial charge in [0.05, 0.1) is 16.7 Å². The predicted octanol–water partition coefficient (Wildman–Crippen LogP) is 3.04. The van der Waals surface area contributed by atoms with E-state index in [0.717, 1.165) is 21.9 Å². The Hall–Kier alpha value is -0.760. The van der Waals surface area contributed by atoms with E-state index in [1.54, 1.807) is 6.92 Å². The summed E-state index contributed by atoms with van der Waals surface area (Å²) in [5, 5.41) is 1.20. The van der Waals surface area contributed by atoms with Crippen molar-refractivity contribution in [2.24, 2.45) is 0 Å². The SMILES string of the molecule is Cc1ncc(S(=O)(=O)NC(C)(CBr)c2ccccc2)s1. The molecule has 20 heavy (non-hydrogen) atoms. The molecule has 1 atom stereocenters. The van der Waals surface area contributed by atoms with Crippen LogP contribution in [0.5, 0.6) is 0 Å². The first-order valence-corrected chi connectivity index (χ1v) is 9.37. The number of nitrogens with one attached hydrogen (secondary N) is 1. The van der Waals surface area contributed by atoms with Crippen LogP contribution in [-0.4, -0.2) is 18.7 Å². The van der Waals surface area contributed by atoms with Crippen LogP contribution in [-0.2, 0) is 15.6 Å². The van der Waals surface area contributed by atoms with E-state index in [-0.39, 0.29) is 4.21 Å². The number of hydrogen-bond acceptors (Lipinski definition) is 4. The summed E-state index contributed by atoms with van der Waals surface area (Å²) in [7, 11) is -3.58. The first kappa shape index (κ1) is 15.6. The smallest absolute Gasteiger partial charge is 0.249 e.